The topological polar surface area (TPSA) is 27.1 Å². The van der Waals surface area contributed by atoms with Crippen molar-refractivity contribution in [2.45, 2.75) is 36.1 Å². The lowest BCUT2D eigenvalue weighted by Gasteiger charge is -2.11. The zero-order valence-electron chi connectivity index (χ0n) is 11.1. The van der Waals surface area contributed by atoms with Gasteiger partial charge in [-0.05, 0) is 37.1 Å². The number of nitrogens with zero attached hydrogens (tertiary/aromatic N) is 2. The summed E-state index contributed by atoms with van der Waals surface area (Å²) in [6.07, 6.45) is 9.27. The van der Waals surface area contributed by atoms with Crippen molar-refractivity contribution in [2.24, 2.45) is 0 Å². The quantitative estimate of drug-likeness (QED) is 0.845. The van der Waals surface area contributed by atoms with Crippen molar-refractivity contribution >= 4 is 11.8 Å². The summed E-state index contributed by atoms with van der Waals surface area (Å²) in [6.45, 7) is 0. The van der Waals surface area contributed by atoms with Crippen LogP contribution in [0.1, 0.15) is 25.7 Å². The van der Waals surface area contributed by atoms with Gasteiger partial charge >= 0.3 is 0 Å². The molecule has 1 fully saturated rings. The van der Waals surface area contributed by atoms with E-state index < -0.39 is 0 Å². The van der Waals surface area contributed by atoms with E-state index in [2.05, 4.69) is 21.7 Å². The maximum atomic E-state index is 5.19. The van der Waals surface area contributed by atoms with Gasteiger partial charge < -0.3 is 4.74 Å². The first kappa shape index (κ1) is 12.6. The maximum Gasteiger partial charge on any atom is 0.172 e. The molecule has 0 bridgehead atoms. The molecule has 3 nitrogen and oxygen atoms in total. The molecule has 100 valence electrons. The van der Waals surface area contributed by atoms with Crippen LogP contribution in [0.2, 0.25) is 0 Å². The Bertz CT molecular complexity index is 529. The van der Waals surface area contributed by atoms with Crippen molar-refractivity contribution in [3.05, 3.63) is 36.7 Å². The van der Waals surface area contributed by atoms with Gasteiger partial charge in [-0.3, -0.25) is 4.57 Å². The third kappa shape index (κ3) is 2.78. The highest BCUT2D eigenvalue weighted by molar-refractivity contribution is 7.99. The molecule has 1 aliphatic rings. The third-order valence-corrected chi connectivity index (χ3v) is 4.85. The van der Waals surface area contributed by atoms with Gasteiger partial charge in [-0.25, -0.2) is 4.98 Å². The largest absolute Gasteiger partial charge is 0.497 e. The van der Waals surface area contributed by atoms with Crippen LogP contribution in [0.3, 0.4) is 0 Å². The summed E-state index contributed by atoms with van der Waals surface area (Å²) in [5.41, 5.74) is 1.14. The van der Waals surface area contributed by atoms with E-state index in [-0.39, 0.29) is 0 Å². The predicted octanol–water partition coefficient (Wildman–Crippen LogP) is 3.92. The maximum absolute atomic E-state index is 5.19. The van der Waals surface area contributed by atoms with Gasteiger partial charge in [0.2, 0.25) is 0 Å². The molecule has 0 N–H and O–H groups in total. The van der Waals surface area contributed by atoms with Gasteiger partial charge in [0.1, 0.15) is 5.75 Å². The smallest absolute Gasteiger partial charge is 0.172 e. The van der Waals surface area contributed by atoms with Crippen LogP contribution in [-0.2, 0) is 0 Å². The summed E-state index contributed by atoms with van der Waals surface area (Å²) in [5, 5.41) is 1.83. The van der Waals surface area contributed by atoms with Crippen LogP contribution >= 0.6 is 11.8 Å². The molecule has 1 aromatic carbocycles. The molecule has 0 radical (unpaired) electrons. The van der Waals surface area contributed by atoms with Gasteiger partial charge in [-0.2, -0.15) is 0 Å². The third-order valence-electron chi connectivity index (χ3n) is 3.53. The summed E-state index contributed by atoms with van der Waals surface area (Å²) in [5.74, 6) is 0.883. The van der Waals surface area contributed by atoms with Crippen molar-refractivity contribution in [3.63, 3.8) is 0 Å². The molecule has 0 atom stereocenters. The second kappa shape index (κ2) is 5.70. The molecule has 1 saturated carbocycles. The first-order chi connectivity index (χ1) is 9.36. The van der Waals surface area contributed by atoms with E-state index in [1.54, 1.807) is 7.11 Å². The molecule has 19 heavy (non-hydrogen) atoms. The van der Waals surface area contributed by atoms with Crippen molar-refractivity contribution in [1.82, 2.24) is 9.55 Å². The molecular formula is C15H18N2OS. The van der Waals surface area contributed by atoms with E-state index >= 15 is 0 Å². The highest BCUT2D eigenvalue weighted by Crippen LogP contribution is 2.34. The van der Waals surface area contributed by atoms with Gasteiger partial charge in [-0.15, -0.1) is 0 Å². The van der Waals surface area contributed by atoms with Crippen LogP contribution in [0, 0.1) is 0 Å². The zero-order chi connectivity index (χ0) is 13.1. The van der Waals surface area contributed by atoms with Gasteiger partial charge in [0.05, 0.1) is 7.11 Å². The van der Waals surface area contributed by atoms with Crippen molar-refractivity contribution in [3.8, 4) is 11.4 Å². The van der Waals surface area contributed by atoms with Crippen molar-refractivity contribution < 1.29 is 4.74 Å². The van der Waals surface area contributed by atoms with Crippen LogP contribution in [0.15, 0.2) is 41.8 Å². The lowest BCUT2D eigenvalue weighted by molar-refractivity contribution is 0.414. The number of imidazole rings is 1. The molecule has 1 aliphatic carbocycles. The predicted molar refractivity (Wildman–Crippen MR) is 78.2 cm³/mol. The summed E-state index contributed by atoms with van der Waals surface area (Å²) >= 11 is 1.91. The van der Waals surface area contributed by atoms with Gasteiger partial charge in [-0.1, -0.05) is 24.6 Å². The number of hydrogen-bond acceptors (Lipinski definition) is 3. The molecule has 0 aliphatic heterocycles. The minimum absolute atomic E-state index is 0.736. The standard InChI is InChI=1S/C15H18N2OS/c1-18-13-8-6-12(7-9-13)17-11-10-16-15(17)19-14-4-2-3-5-14/h6-11,14H,2-5H2,1H3. The minimum atomic E-state index is 0.736. The number of rotatable bonds is 4. The van der Waals surface area contributed by atoms with E-state index in [0.29, 0.717) is 0 Å². The Morgan fingerprint density at radius 2 is 1.95 bits per heavy atom. The molecule has 0 amide bonds. The molecule has 4 heteroatoms. The van der Waals surface area contributed by atoms with Crippen molar-refractivity contribution in [1.29, 1.82) is 0 Å². The number of thioether (sulfide) groups is 1. The Labute approximate surface area is 118 Å². The second-order valence-corrected chi connectivity index (χ2v) is 6.07. The molecule has 3 rings (SSSR count). The average molecular weight is 274 g/mol. The van der Waals surface area contributed by atoms with Crippen LogP contribution < -0.4 is 4.74 Å². The lowest BCUT2D eigenvalue weighted by Crippen LogP contribution is -2.00. The highest BCUT2D eigenvalue weighted by atomic mass is 32.2. The fourth-order valence-corrected chi connectivity index (χ4v) is 3.74. The molecule has 0 saturated heterocycles. The Morgan fingerprint density at radius 1 is 1.21 bits per heavy atom. The van der Waals surface area contributed by atoms with Gasteiger partial charge in [0.25, 0.3) is 0 Å². The molecule has 0 spiro atoms. The van der Waals surface area contributed by atoms with E-state index in [9.17, 15) is 0 Å². The number of benzene rings is 1. The van der Waals surface area contributed by atoms with E-state index in [1.807, 2.05) is 36.3 Å². The fourth-order valence-electron chi connectivity index (χ4n) is 2.47. The van der Waals surface area contributed by atoms with E-state index in [4.69, 9.17) is 4.74 Å². The SMILES string of the molecule is COc1ccc(-n2ccnc2SC2CCCC2)cc1. The van der Waals surface area contributed by atoms with Crippen LogP contribution in [0.5, 0.6) is 5.75 Å². The lowest BCUT2D eigenvalue weighted by atomic mass is 10.3. The van der Waals surface area contributed by atoms with Crippen LogP contribution in [0.4, 0.5) is 0 Å². The van der Waals surface area contributed by atoms with Gasteiger partial charge in [0.15, 0.2) is 5.16 Å². The Balaban J connectivity index is 1.81. The number of hydrogen-bond donors (Lipinski definition) is 0. The highest BCUT2D eigenvalue weighted by Gasteiger charge is 2.18. The molecule has 2 aromatic rings. The Hall–Kier alpha value is -1.42. The number of aromatic nitrogens is 2. The summed E-state index contributed by atoms with van der Waals surface area (Å²) in [4.78, 5) is 4.49. The first-order valence-electron chi connectivity index (χ1n) is 6.71. The van der Waals surface area contributed by atoms with Gasteiger partial charge in [0, 0.05) is 23.3 Å². The average Bonchev–Trinajstić information content (AvgIpc) is 3.11. The first-order valence-corrected chi connectivity index (χ1v) is 7.59. The van der Waals surface area contributed by atoms with Crippen LogP contribution in [0.25, 0.3) is 5.69 Å². The monoisotopic (exact) mass is 274 g/mol. The van der Waals surface area contributed by atoms with E-state index in [1.165, 1.54) is 25.7 Å². The molecule has 1 aromatic heterocycles. The van der Waals surface area contributed by atoms with Crippen LogP contribution in [-0.4, -0.2) is 21.9 Å². The summed E-state index contributed by atoms with van der Waals surface area (Å²) in [6, 6.07) is 8.11. The van der Waals surface area contributed by atoms with Crippen molar-refractivity contribution in [2.75, 3.05) is 7.11 Å². The van der Waals surface area contributed by atoms with E-state index in [0.717, 1.165) is 21.8 Å². The fraction of sp³-hybridized carbons (Fsp3) is 0.400. The second-order valence-electron chi connectivity index (χ2n) is 4.80. The number of methoxy groups -OCH3 is 1. The Kier molecular flexibility index (Phi) is 3.78. The Morgan fingerprint density at radius 3 is 2.63 bits per heavy atom. The molecule has 1 heterocycles. The number of ether oxygens (including phenoxy) is 1. The molecular weight excluding hydrogens is 256 g/mol. The summed E-state index contributed by atoms with van der Waals surface area (Å²) in [7, 11) is 1.69. The molecule has 0 unspecified atom stereocenters. The minimum Gasteiger partial charge on any atom is -0.497 e. The normalized spacial score (nSPS) is 15.8. The zero-order valence-corrected chi connectivity index (χ0v) is 11.9. The summed E-state index contributed by atoms with van der Waals surface area (Å²) < 4.78 is 7.35.